The number of aryl methyl sites for hydroxylation is 1. The Balaban J connectivity index is 1.28. The Labute approximate surface area is 189 Å². The highest BCUT2D eigenvalue weighted by molar-refractivity contribution is 7.99. The second-order valence-electron chi connectivity index (χ2n) is 8.73. The lowest BCUT2D eigenvalue weighted by Crippen LogP contribution is -2.54. The monoisotopic (exact) mass is 466 g/mol. The van der Waals surface area contributed by atoms with Gasteiger partial charge in [0.25, 0.3) is 0 Å². The van der Waals surface area contributed by atoms with E-state index in [4.69, 9.17) is 19.4 Å². The lowest BCUT2D eigenvalue weighted by Gasteiger charge is -2.40. The van der Waals surface area contributed by atoms with Crippen molar-refractivity contribution in [2.24, 2.45) is 5.92 Å². The van der Waals surface area contributed by atoms with Crippen LogP contribution in [0.5, 0.6) is 0 Å². The number of carbonyl (C=O) groups excluding carboxylic acids is 1. The van der Waals surface area contributed by atoms with E-state index in [0.717, 1.165) is 73.2 Å². The van der Waals surface area contributed by atoms with E-state index < -0.39 is 10.8 Å². The quantitative estimate of drug-likeness (QED) is 0.601. The number of esters is 1. The third kappa shape index (κ3) is 4.43. The molecule has 170 valence electrons. The van der Waals surface area contributed by atoms with Crippen molar-refractivity contribution in [3.05, 3.63) is 5.69 Å². The van der Waals surface area contributed by atoms with Crippen LogP contribution in [0.2, 0.25) is 0 Å². The van der Waals surface area contributed by atoms with Gasteiger partial charge >= 0.3 is 5.97 Å². The van der Waals surface area contributed by atoms with Crippen LogP contribution in [0.1, 0.15) is 31.4 Å². The summed E-state index contributed by atoms with van der Waals surface area (Å²) in [5.41, 5.74) is 0.900. The van der Waals surface area contributed by atoms with Crippen LogP contribution < -0.4 is 9.80 Å². The number of hydrogen-bond donors (Lipinski definition) is 0. The number of thioether (sulfide) groups is 1. The lowest BCUT2D eigenvalue weighted by atomic mass is 10.0. The van der Waals surface area contributed by atoms with Crippen molar-refractivity contribution in [3.63, 3.8) is 0 Å². The molecular weight excluding hydrogens is 436 g/mol. The Morgan fingerprint density at radius 1 is 1.19 bits per heavy atom. The van der Waals surface area contributed by atoms with E-state index in [9.17, 15) is 9.00 Å². The largest absolute Gasteiger partial charge is 0.458 e. The predicted molar refractivity (Wildman–Crippen MR) is 121 cm³/mol. The number of nitrogens with zero attached hydrogens (tertiary/aromatic N) is 4. The third-order valence-corrected chi connectivity index (χ3v) is 9.20. The first-order valence-electron chi connectivity index (χ1n) is 11.2. The standard InChI is InChI=1S/C21H30N4O4S2/c1-24(15-2-7-28-8-3-15)19-18-17(6-11-31(18)27)22-21(23-19)25-12-16(13-25)29-20(26)14-4-9-30-10-5-14/h14-16H,2-13H2,1H3. The van der Waals surface area contributed by atoms with Crippen molar-refractivity contribution in [1.82, 2.24) is 9.97 Å². The highest BCUT2D eigenvalue weighted by Gasteiger charge is 2.37. The summed E-state index contributed by atoms with van der Waals surface area (Å²) < 4.78 is 23.9. The van der Waals surface area contributed by atoms with Gasteiger partial charge in [-0.15, -0.1) is 0 Å². The van der Waals surface area contributed by atoms with E-state index in [2.05, 4.69) is 9.80 Å². The second-order valence-corrected chi connectivity index (χ2v) is 11.5. The summed E-state index contributed by atoms with van der Waals surface area (Å²) >= 11 is 1.91. The summed E-state index contributed by atoms with van der Waals surface area (Å²) in [5.74, 6) is 4.17. The van der Waals surface area contributed by atoms with Crippen LogP contribution in [-0.2, 0) is 31.5 Å². The van der Waals surface area contributed by atoms with Gasteiger partial charge < -0.3 is 19.3 Å². The molecule has 10 heteroatoms. The van der Waals surface area contributed by atoms with Crippen molar-refractivity contribution in [2.45, 2.75) is 49.1 Å². The van der Waals surface area contributed by atoms with Crippen LogP contribution in [0.3, 0.4) is 0 Å². The smallest absolute Gasteiger partial charge is 0.309 e. The van der Waals surface area contributed by atoms with Gasteiger partial charge in [0, 0.05) is 38.5 Å². The zero-order chi connectivity index (χ0) is 21.4. The van der Waals surface area contributed by atoms with Crippen LogP contribution in [-0.4, -0.2) is 82.9 Å². The van der Waals surface area contributed by atoms with E-state index in [1.807, 2.05) is 18.8 Å². The van der Waals surface area contributed by atoms with Gasteiger partial charge in [0.2, 0.25) is 5.95 Å². The molecule has 4 aliphatic rings. The Morgan fingerprint density at radius 2 is 1.94 bits per heavy atom. The number of hydrogen-bond acceptors (Lipinski definition) is 9. The zero-order valence-electron chi connectivity index (χ0n) is 18.0. The van der Waals surface area contributed by atoms with Crippen molar-refractivity contribution in [3.8, 4) is 0 Å². The molecule has 4 aliphatic heterocycles. The van der Waals surface area contributed by atoms with E-state index in [0.29, 0.717) is 30.8 Å². The van der Waals surface area contributed by atoms with Crippen LogP contribution in [0.25, 0.3) is 0 Å². The molecule has 0 spiro atoms. The van der Waals surface area contributed by atoms with Gasteiger partial charge in [0.15, 0.2) is 5.82 Å². The molecule has 3 saturated heterocycles. The van der Waals surface area contributed by atoms with Gasteiger partial charge in [0.05, 0.1) is 35.5 Å². The Hall–Kier alpha value is -1.39. The van der Waals surface area contributed by atoms with Gasteiger partial charge in [-0.05, 0) is 37.2 Å². The fourth-order valence-corrected chi connectivity index (χ4v) is 7.15. The van der Waals surface area contributed by atoms with Gasteiger partial charge in [0.1, 0.15) is 11.0 Å². The van der Waals surface area contributed by atoms with E-state index in [1.54, 1.807) is 0 Å². The summed E-state index contributed by atoms with van der Waals surface area (Å²) in [6.45, 7) is 2.74. The average Bonchev–Trinajstić information content (AvgIpc) is 3.16. The molecule has 5 rings (SSSR count). The fourth-order valence-electron chi connectivity index (χ4n) is 4.66. The molecule has 3 fully saturated rings. The van der Waals surface area contributed by atoms with E-state index in [1.165, 1.54) is 0 Å². The van der Waals surface area contributed by atoms with Crippen LogP contribution in [0, 0.1) is 5.92 Å². The lowest BCUT2D eigenvalue weighted by molar-refractivity contribution is -0.155. The van der Waals surface area contributed by atoms with Gasteiger partial charge in [-0.25, -0.2) is 4.98 Å². The van der Waals surface area contributed by atoms with Crippen LogP contribution in [0.15, 0.2) is 4.90 Å². The number of rotatable bonds is 5. The minimum atomic E-state index is -1.05. The number of fused-ring (bicyclic) bond motifs is 1. The number of ether oxygens (including phenoxy) is 2. The molecule has 0 saturated carbocycles. The molecule has 0 aliphatic carbocycles. The van der Waals surface area contributed by atoms with E-state index >= 15 is 0 Å². The number of carbonyl (C=O) groups is 1. The molecule has 0 radical (unpaired) electrons. The molecule has 1 atom stereocenters. The summed E-state index contributed by atoms with van der Waals surface area (Å²) in [7, 11) is 0.998. The zero-order valence-corrected chi connectivity index (χ0v) is 19.6. The molecule has 5 heterocycles. The number of aromatic nitrogens is 2. The van der Waals surface area contributed by atoms with Crippen molar-refractivity contribution >= 4 is 40.3 Å². The molecule has 0 amide bonds. The van der Waals surface area contributed by atoms with Gasteiger partial charge in [-0.1, -0.05) is 0 Å². The molecule has 1 aromatic rings. The third-order valence-electron chi connectivity index (χ3n) is 6.70. The summed E-state index contributed by atoms with van der Waals surface area (Å²) in [6.07, 6.45) is 4.36. The predicted octanol–water partition coefficient (Wildman–Crippen LogP) is 1.63. The maximum atomic E-state index is 12.7. The summed E-state index contributed by atoms with van der Waals surface area (Å²) in [4.78, 5) is 27.1. The van der Waals surface area contributed by atoms with Crippen molar-refractivity contribution < 1.29 is 18.5 Å². The average molecular weight is 467 g/mol. The second kappa shape index (κ2) is 9.23. The minimum absolute atomic E-state index is 0.0461. The van der Waals surface area contributed by atoms with Crippen LogP contribution >= 0.6 is 11.8 Å². The summed E-state index contributed by atoms with van der Waals surface area (Å²) in [5, 5.41) is 0. The first kappa shape index (κ1) is 21.5. The minimum Gasteiger partial charge on any atom is -0.458 e. The maximum absolute atomic E-state index is 12.7. The molecule has 8 nitrogen and oxygen atoms in total. The molecule has 1 aromatic heterocycles. The molecule has 0 bridgehead atoms. The Bertz CT molecular complexity index is 852. The fraction of sp³-hybridized carbons (Fsp3) is 0.762. The molecular formula is C21H30N4O4S2. The molecule has 0 aromatic carbocycles. The molecule has 0 N–H and O–H groups in total. The van der Waals surface area contributed by atoms with Crippen LogP contribution in [0.4, 0.5) is 11.8 Å². The Morgan fingerprint density at radius 3 is 2.68 bits per heavy atom. The normalized spacial score (nSPS) is 25.2. The first-order valence-corrected chi connectivity index (χ1v) is 13.7. The summed E-state index contributed by atoms with van der Waals surface area (Å²) in [6, 6.07) is 0.331. The van der Waals surface area contributed by atoms with Gasteiger partial charge in [-0.2, -0.15) is 16.7 Å². The Kier molecular flexibility index (Phi) is 6.39. The SMILES string of the molecule is CN(c1nc(N2CC(OC(=O)C3CCSCC3)C2)nc2c1S(=O)CC2)C1CCOCC1. The van der Waals surface area contributed by atoms with Gasteiger partial charge in [-0.3, -0.25) is 9.00 Å². The molecule has 31 heavy (non-hydrogen) atoms. The highest BCUT2D eigenvalue weighted by atomic mass is 32.2. The topological polar surface area (TPSA) is 84.9 Å². The maximum Gasteiger partial charge on any atom is 0.309 e. The molecule has 1 unspecified atom stereocenters. The van der Waals surface area contributed by atoms with Crippen molar-refractivity contribution in [1.29, 1.82) is 0 Å². The first-order chi connectivity index (χ1) is 15.1. The highest BCUT2D eigenvalue weighted by Crippen LogP contribution is 2.35. The number of anilines is 2. The van der Waals surface area contributed by atoms with Crippen molar-refractivity contribution in [2.75, 3.05) is 60.4 Å². The van der Waals surface area contributed by atoms with E-state index in [-0.39, 0.29) is 18.0 Å².